The maximum atomic E-state index is 11.7. The van der Waals surface area contributed by atoms with Gasteiger partial charge < -0.3 is 20.1 Å². The molecule has 0 radical (unpaired) electrons. The molecule has 0 saturated carbocycles. The summed E-state index contributed by atoms with van der Waals surface area (Å²) in [6.45, 7) is 6.40. The number of carboxylic acids is 1. The smallest absolute Gasteiger partial charge is 0.317 e. The molecule has 1 fully saturated rings. The zero-order valence-electron chi connectivity index (χ0n) is 11.6. The van der Waals surface area contributed by atoms with Gasteiger partial charge in [-0.2, -0.15) is 0 Å². The molecule has 1 unspecified atom stereocenters. The molecule has 19 heavy (non-hydrogen) atoms. The number of hydrogen-bond donors (Lipinski definition) is 2. The molecule has 0 aliphatic carbocycles. The van der Waals surface area contributed by atoms with Crippen LogP contribution in [0.15, 0.2) is 0 Å². The number of nitrogens with zero attached hydrogens (tertiary/aromatic N) is 2. The zero-order valence-corrected chi connectivity index (χ0v) is 11.6. The van der Waals surface area contributed by atoms with Crippen molar-refractivity contribution >= 4 is 12.0 Å². The molecule has 0 spiro atoms. The lowest BCUT2D eigenvalue weighted by Gasteiger charge is -2.27. The summed E-state index contributed by atoms with van der Waals surface area (Å²) < 4.78 is 5.24. The summed E-state index contributed by atoms with van der Waals surface area (Å²) in [5, 5.41) is 11.6. The summed E-state index contributed by atoms with van der Waals surface area (Å²) in [7, 11) is 1.60. The summed E-state index contributed by atoms with van der Waals surface area (Å²) in [5.74, 6) is -1.46. The van der Waals surface area contributed by atoms with Crippen molar-refractivity contribution in [1.82, 2.24) is 15.1 Å². The van der Waals surface area contributed by atoms with Crippen LogP contribution in [0.25, 0.3) is 0 Å². The Kier molecular flexibility index (Phi) is 6.58. The molecule has 0 aromatic rings. The van der Waals surface area contributed by atoms with Crippen LogP contribution in [0.1, 0.15) is 6.92 Å². The van der Waals surface area contributed by atoms with Crippen molar-refractivity contribution in [1.29, 1.82) is 0 Å². The first-order valence-corrected chi connectivity index (χ1v) is 6.52. The molecule has 2 N–H and O–H groups in total. The maximum Gasteiger partial charge on any atom is 0.317 e. The third-order valence-corrected chi connectivity index (χ3v) is 3.12. The summed E-state index contributed by atoms with van der Waals surface area (Å²) >= 11 is 0. The van der Waals surface area contributed by atoms with Gasteiger partial charge in [-0.15, -0.1) is 0 Å². The van der Waals surface area contributed by atoms with Gasteiger partial charge in [0.25, 0.3) is 0 Å². The third-order valence-electron chi connectivity index (χ3n) is 3.12. The Morgan fingerprint density at radius 3 is 2.63 bits per heavy atom. The molecule has 2 amide bonds. The van der Waals surface area contributed by atoms with Crippen molar-refractivity contribution in [2.75, 3.05) is 53.0 Å². The predicted octanol–water partition coefficient (Wildman–Crippen LogP) is -0.319. The van der Waals surface area contributed by atoms with Gasteiger partial charge in [-0.25, -0.2) is 4.79 Å². The van der Waals surface area contributed by atoms with E-state index < -0.39 is 11.9 Å². The molecule has 1 aliphatic rings. The zero-order chi connectivity index (χ0) is 14.3. The standard InChI is InChI=1S/C12H23N3O4/c1-10(11(16)17)9-14(2)12(18)13-3-4-15-5-7-19-8-6-15/h10H,3-9H2,1-2H3,(H,13,18)(H,16,17). The lowest BCUT2D eigenvalue weighted by atomic mass is 10.2. The van der Waals surface area contributed by atoms with Crippen LogP contribution < -0.4 is 5.32 Å². The summed E-state index contributed by atoms with van der Waals surface area (Å²) in [4.78, 5) is 26.0. The Labute approximate surface area is 113 Å². The van der Waals surface area contributed by atoms with Gasteiger partial charge in [0.1, 0.15) is 0 Å². The van der Waals surface area contributed by atoms with Crippen molar-refractivity contribution in [2.24, 2.45) is 5.92 Å². The van der Waals surface area contributed by atoms with Gasteiger partial charge in [0.15, 0.2) is 0 Å². The number of carbonyl (C=O) groups is 2. The average molecular weight is 273 g/mol. The Balaban J connectivity index is 2.17. The van der Waals surface area contributed by atoms with E-state index in [1.54, 1.807) is 14.0 Å². The normalized spacial score (nSPS) is 17.8. The van der Waals surface area contributed by atoms with E-state index in [1.807, 2.05) is 0 Å². The highest BCUT2D eigenvalue weighted by atomic mass is 16.5. The van der Waals surface area contributed by atoms with Gasteiger partial charge in [-0.3, -0.25) is 9.69 Å². The highest BCUT2D eigenvalue weighted by molar-refractivity contribution is 5.75. The fourth-order valence-corrected chi connectivity index (χ4v) is 1.85. The highest BCUT2D eigenvalue weighted by Crippen LogP contribution is 1.99. The molecule has 0 aromatic heterocycles. The van der Waals surface area contributed by atoms with E-state index in [4.69, 9.17) is 9.84 Å². The minimum absolute atomic E-state index is 0.207. The van der Waals surface area contributed by atoms with Crippen LogP contribution in [0, 0.1) is 5.92 Å². The monoisotopic (exact) mass is 273 g/mol. The van der Waals surface area contributed by atoms with E-state index in [-0.39, 0.29) is 12.6 Å². The number of amides is 2. The van der Waals surface area contributed by atoms with Crippen molar-refractivity contribution in [3.05, 3.63) is 0 Å². The van der Waals surface area contributed by atoms with Gasteiger partial charge >= 0.3 is 12.0 Å². The molecule has 0 aromatic carbocycles. The SMILES string of the molecule is CC(CN(C)C(=O)NCCN1CCOCC1)C(=O)O. The van der Waals surface area contributed by atoms with E-state index in [0.29, 0.717) is 6.54 Å². The molecule has 1 rings (SSSR count). The second-order valence-corrected chi connectivity index (χ2v) is 4.81. The van der Waals surface area contributed by atoms with Gasteiger partial charge in [0.2, 0.25) is 0 Å². The molecule has 0 bridgehead atoms. The second-order valence-electron chi connectivity index (χ2n) is 4.81. The molecule has 1 saturated heterocycles. The highest BCUT2D eigenvalue weighted by Gasteiger charge is 2.17. The molecule has 1 atom stereocenters. The Morgan fingerprint density at radius 2 is 2.05 bits per heavy atom. The molecule has 1 heterocycles. The van der Waals surface area contributed by atoms with Gasteiger partial charge in [0.05, 0.1) is 19.1 Å². The van der Waals surface area contributed by atoms with E-state index in [1.165, 1.54) is 4.90 Å². The number of morpholine rings is 1. The van der Waals surface area contributed by atoms with E-state index in [9.17, 15) is 9.59 Å². The Morgan fingerprint density at radius 1 is 1.42 bits per heavy atom. The number of carbonyl (C=O) groups excluding carboxylic acids is 1. The molecule has 7 heteroatoms. The minimum Gasteiger partial charge on any atom is -0.481 e. The average Bonchev–Trinajstić information content (AvgIpc) is 2.39. The summed E-state index contributed by atoms with van der Waals surface area (Å²) in [6.07, 6.45) is 0. The van der Waals surface area contributed by atoms with Crippen LogP contribution in [-0.4, -0.2) is 79.9 Å². The number of aliphatic carboxylic acids is 1. The van der Waals surface area contributed by atoms with Crippen molar-refractivity contribution in [3.63, 3.8) is 0 Å². The van der Waals surface area contributed by atoms with Crippen LogP contribution in [0.4, 0.5) is 4.79 Å². The fraction of sp³-hybridized carbons (Fsp3) is 0.833. The molecule has 1 aliphatic heterocycles. The summed E-state index contributed by atoms with van der Waals surface area (Å²) in [6, 6.07) is -0.235. The van der Waals surface area contributed by atoms with Gasteiger partial charge in [-0.1, -0.05) is 6.92 Å². The Hall–Kier alpha value is -1.34. The fourth-order valence-electron chi connectivity index (χ4n) is 1.85. The van der Waals surface area contributed by atoms with Gasteiger partial charge in [-0.05, 0) is 0 Å². The number of nitrogens with one attached hydrogen (secondary N) is 1. The number of carboxylic acid groups (broad SMARTS) is 1. The first-order valence-electron chi connectivity index (χ1n) is 6.52. The Bertz CT molecular complexity index is 305. The minimum atomic E-state index is -0.895. The maximum absolute atomic E-state index is 11.7. The van der Waals surface area contributed by atoms with Crippen LogP contribution >= 0.6 is 0 Å². The van der Waals surface area contributed by atoms with Crippen molar-refractivity contribution in [2.45, 2.75) is 6.92 Å². The van der Waals surface area contributed by atoms with Crippen LogP contribution in [-0.2, 0) is 9.53 Å². The first-order chi connectivity index (χ1) is 9.00. The summed E-state index contributed by atoms with van der Waals surface area (Å²) in [5.41, 5.74) is 0. The van der Waals surface area contributed by atoms with E-state index in [2.05, 4.69) is 10.2 Å². The molecule has 7 nitrogen and oxygen atoms in total. The van der Waals surface area contributed by atoms with Crippen LogP contribution in [0.2, 0.25) is 0 Å². The van der Waals surface area contributed by atoms with Crippen molar-refractivity contribution in [3.8, 4) is 0 Å². The lowest BCUT2D eigenvalue weighted by Crippen LogP contribution is -2.45. The molecular formula is C12H23N3O4. The van der Waals surface area contributed by atoms with Crippen LogP contribution in [0.5, 0.6) is 0 Å². The lowest BCUT2D eigenvalue weighted by molar-refractivity contribution is -0.141. The quantitative estimate of drug-likeness (QED) is 0.693. The third kappa shape index (κ3) is 5.89. The number of rotatable bonds is 6. The number of ether oxygens (including phenoxy) is 1. The van der Waals surface area contributed by atoms with E-state index >= 15 is 0 Å². The largest absolute Gasteiger partial charge is 0.481 e. The predicted molar refractivity (Wildman–Crippen MR) is 70.1 cm³/mol. The van der Waals surface area contributed by atoms with Gasteiger partial charge in [0, 0.05) is 39.8 Å². The topological polar surface area (TPSA) is 82.1 Å². The van der Waals surface area contributed by atoms with Crippen molar-refractivity contribution < 1.29 is 19.4 Å². The first kappa shape index (κ1) is 15.7. The second kappa shape index (κ2) is 7.96. The number of urea groups is 1. The number of hydrogen-bond acceptors (Lipinski definition) is 4. The molecular weight excluding hydrogens is 250 g/mol. The van der Waals surface area contributed by atoms with E-state index in [0.717, 1.165) is 32.8 Å². The van der Waals surface area contributed by atoms with Crippen LogP contribution in [0.3, 0.4) is 0 Å². The molecule has 110 valence electrons.